The van der Waals surface area contributed by atoms with Gasteiger partial charge in [-0.05, 0) is 59.1 Å². The highest BCUT2D eigenvalue weighted by Gasteiger charge is 2.40. The van der Waals surface area contributed by atoms with Gasteiger partial charge in [-0.25, -0.2) is 4.90 Å². The van der Waals surface area contributed by atoms with Gasteiger partial charge in [0.25, 0.3) is 5.91 Å². The van der Waals surface area contributed by atoms with Gasteiger partial charge in [-0.2, -0.15) is 0 Å². The lowest BCUT2D eigenvalue weighted by Gasteiger charge is -2.19. The number of rotatable bonds is 3. The predicted molar refractivity (Wildman–Crippen MR) is 94.6 cm³/mol. The summed E-state index contributed by atoms with van der Waals surface area (Å²) >= 11 is 3.45. The summed E-state index contributed by atoms with van der Waals surface area (Å²) in [6.45, 7) is 3.86. The number of nitrogens with one attached hydrogen (secondary N) is 1. The lowest BCUT2D eigenvalue weighted by Crippen LogP contribution is -2.35. The number of aryl methyl sites for hydroxylation is 2. The monoisotopic (exact) mass is 372 g/mol. The van der Waals surface area contributed by atoms with E-state index in [-0.39, 0.29) is 18.2 Å². The van der Waals surface area contributed by atoms with Crippen LogP contribution in [0.25, 0.3) is 0 Å². The summed E-state index contributed by atoms with van der Waals surface area (Å²) in [5.41, 5.74) is 3.42. The van der Waals surface area contributed by atoms with Gasteiger partial charge in [-0.15, -0.1) is 0 Å². The van der Waals surface area contributed by atoms with E-state index in [0.717, 1.165) is 21.3 Å². The number of hydrogen-bond acceptors (Lipinski definition) is 3. The second-order valence-corrected chi connectivity index (χ2v) is 6.59. The van der Waals surface area contributed by atoms with Gasteiger partial charge >= 0.3 is 0 Å². The molecule has 1 fully saturated rings. The van der Waals surface area contributed by atoms with Crippen molar-refractivity contribution in [2.24, 2.45) is 0 Å². The van der Waals surface area contributed by atoms with Crippen molar-refractivity contribution >= 4 is 39.1 Å². The van der Waals surface area contributed by atoms with E-state index in [1.165, 1.54) is 4.90 Å². The second kappa shape index (κ2) is 6.16. The number of carbonyl (C=O) groups excluding carboxylic acids is 2. The molecule has 2 aromatic rings. The van der Waals surface area contributed by atoms with Crippen molar-refractivity contribution in [2.75, 3.05) is 10.2 Å². The summed E-state index contributed by atoms with van der Waals surface area (Å²) in [5.74, 6) is -0.382. The molecule has 2 aromatic carbocycles. The Labute approximate surface area is 143 Å². The number of para-hydroxylation sites is 1. The zero-order chi connectivity index (χ0) is 16.6. The minimum atomic E-state index is -0.541. The molecule has 0 spiro atoms. The smallest absolute Gasteiger partial charge is 0.256 e. The fourth-order valence-corrected chi connectivity index (χ4v) is 3.12. The highest BCUT2D eigenvalue weighted by Crippen LogP contribution is 2.30. The standard InChI is InChI=1S/C18H17BrN2O2/c1-11-7-8-12(2)16(9-11)21-17(22)10-15(18(21)23)20-14-6-4-3-5-13(14)19/h3-9,15,20H,10H2,1-2H3/t15-/m1/s1. The van der Waals surface area contributed by atoms with Crippen LogP contribution in [0.4, 0.5) is 11.4 Å². The third-order valence-corrected chi connectivity index (χ3v) is 4.65. The molecular formula is C18H17BrN2O2. The molecule has 0 bridgehead atoms. The maximum Gasteiger partial charge on any atom is 0.256 e. The maximum absolute atomic E-state index is 12.7. The van der Waals surface area contributed by atoms with Crippen LogP contribution in [0.1, 0.15) is 17.5 Å². The number of anilines is 2. The molecule has 0 saturated carbocycles. The predicted octanol–water partition coefficient (Wildman–Crippen LogP) is 3.81. The molecule has 1 saturated heterocycles. The van der Waals surface area contributed by atoms with Gasteiger partial charge in [0.05, 0.1) is 12.1 Å². The molecule has 1 heterocycles. The molecule has 4 nitrogen and oxygen atoms in total. The fourth-order valence-electron chi connectivity index (χ4n) is 2.72. The molecule has 3 rings (SSSR count). The zero-order valence-electron chi connectivity index (χ0n) is 13.0. The lowest BCUT2D eigenvalue weighted by molar-refractivity contribution is -0.121. The molecule has 0 aromatic heterocycles. The summed E-state index contributed by atoms with van der Waals surface area (Å²) in [7, 11) is 0. The topological polar surface area (TPSA) is 49.4 Å². The Hall–Kier alpha value is -2.14. The van der Waals surface area contributed by atoms with Crippen molar-refractivity contribution in [3.63, 3.8) is 0 Å². The molecule has 5 heteroatoms. The first-order valence-electron chi connectivity index (χ1n) is 7.42. The van der Waals surface area contributed by atoms with Gasteiger partial charge in [-0.1, -0.05) is 24.3 Å². The van der Waals surface area contributed by atoms with Crippen LogP contribution in [-0.2, 0) is 9.59 Å². The molecular weight excluding hydrogens is 356 g/mol. The van der Waals surface area contributed by atoms with E-state index in [1.54, 1.807) is 0 Å². The van der Waals surface area contributed by atoms with E-state index in [0.29, 0.717) is 5.69 Å². The molecule has 23 heavy (non-hydrogen) atoms. The van der Waals surface area contributed by atoms with Crippen molar-refractivity contribution < 1.29 is 9.59 Å². The largest absolute Gasteiger partial charge is 0.372 e. The maximum atomic E-state index is 12.7. The van der Waals surface area contributed by atoms with Gasteiger partial charge in [0.15, 0.2) is 0 Å². The SMILES string of the molecule is Cc1ccc(C)c(N2C(=O)C[C@@H](Nc3ccccc3Br)C2=O)c1. The average Bonchev–Trinajstić information content (AvgIpc) is 2.79. The van der Waals surface area contributed by atoms with Crippen LogP contribution in [0.15, 0.2) is 46.9 Å². The molecule has 0 unspecified atom stereocenters. The molecule has 1 atom stereocenters. The minimum Gasteiger partial charge on any atom is -0.372 e. The van der Waals surface area contributed by atoms with Gasteiger partial charge in [0.2, 0.25) is 5.91 Å². The minimum absolute atomic E-state index is 0.160. The Morgan fingerprint density at radius 2 is 1.87 bits per heavy atom. The Morgan fingerprint density at radius 3 is 2.61 bits per heavy atom. The third-order valence-electron chi connectivity index (χ3n) is 3.96. The van der Waals surface area contributed by atoms with Crippen molar-refractivity contribution in [1.82, 2.24) is 0 Å². The third kappa shape index (κ3) is 3.01. The molecule has 0 aliphatic carbocycles. The van der Waals surface area contributed by atoms with Crippen LogP contribution in [0.2, 0.25) is 0 Å². The van der Waals surface area contributed by atoms with Crippen molar-refractivity contribution in [3.8, 4) is 0 Å². The molecule has 1 aliphatic rings. The first-order chi connectivity index (χ1) is 11.0. The molecule has 118 valence electrons. The van der Waals surface area contributed by atoms with Crippen molar-refractivity contribution in [2.45, 2.75) is 26.3 Å². The first-order valence-corrected chi connectivity index (χ1v) is 8.22. The molecule has 2 amide bonds. The van der Waals surface area contributed by atoms with Crippen LogP contribution in [0.3, 0.4) is 0 Å². The van der Waals surface area contributed by atoms with E-state index in [4.69, 9.17) is 0 Å². The average molecular weight is 373 g/mol. The number of carbonyl (C=O) groups is 2. The Balaban J connectivity index is 1.88. The van der Waals surface area contributed by atoms with Gasteiger partial charge in [0.1, 0.15) is 6.04 Å². The Morgan fingerprint density at radius 1 is 1.13 bits per heavy atom. The summed E-state index contributed by atoms with van der Waals surface area (Å²) in [4.78, 5) is 26.4. The van der Waals surface area contributed by atoms with Crippen LogP contribution < -0.4 is 10.2 Å². The zero-order valence-corrected chi connectivity index (χ0v) is 14.6. The number of hydrogen-bond donors (Lipinski definition) is 1. The molecule has 1 N–H and O–H groups in total. The van der Waals surface area contributed by atoms with Crippen LogP contribution in [-0.4, -0.2) is 17.9 Å². The van der Waals surface area contributed by atoms with Gasteiger partial charge < -0.3 is 5.32 Å². The quantitative estimate of drug-likeness (QED) is 0.833. The van der Waals surface area contributed by atoms with E-state index in [1.807, 2.05) is 56.3 Å². The number of nitrogens with zero attached hydrogens (tertiary/aromatic N) is 1. The van der Waals surface area contributed by atoms with E-state index < -0.39 is 6.04 Å². The van der Waals surface area contributed by atoms with E-state index in [9.17, 15) is 9.59 Å². The first kappa shape index (κ1) is 15.7. The Kier molecular flexibility index (Phi) is 4.22. The lowest BCUT2D eigenvalue weighted by atomic mass is 10.1. The normalized spacial score (nSPS) is 17.7. The van der Waals surface area contributed by atoms with E-state index >= 15 is 0 Å². The van der Waals surface area contributed by atoms with Crippen LogP contribution in [0, 0.1) is 13.8 Å². The molecule has 0 radical (unpaired) electrons. The highest BCUT2D eigenvalue weighted by atomic mass is 79.9. The fraction of sp³-hybridized carbons (Fsp3) is 0.222. The van der Waals surface area contributed by atoms with Crippen molar-refractivity contribution in [3.05, 3.63) is 58.1 Å². The highest BCUT2D eigenvalue weighted by molar-refractivity contribution is 9.10. The van der Waals surface area contributed by atoms with Gasteiger partial charge in [-0.3, -0.25) is 9.59 Å². The summed E-state index contributed by atoms with van der Waals surface area (Å²) < 4.78 is 0.866. The summed E-state index contributed by atoms with van der Waals surface area (Å²) in [6, 6.07) is 12.8. The van der Waals surface area contributed by atoms with Crippen LogP contribution >= 0.6 is 15.9 Å². The molecule has 1 aliphatic heterocycles. The summed E-state index contributed by atoms with van der Waals surface area (Å²) in [5, 5.41) is 3.16. The second-order valence-electron chi connectivity index (χ2n) is 5.74. The van der Waals surface area contributed by atoms with Crippen LogP contribution in [0.5, 0.6) is 0 Å². The number of benzene rings is 2. The van der Waals surface area contributed by atoms with E-state index in [2.05, 4.69) is 21.2 Å². The number of imide groups is 1. The summed E-state index contributed by atoms with van der Waals surface area (Å²) in [6.07, 6.45) is 0.160. The van der Waals surface area contributed by atoms with Crippen molar-refractivity contribution in [1.29, 1.82) is 0 Å². The Bertz CT molecular complexity index is 788. The number of amides is 2. The number of halogens is 1. The van der Waals surface area contributed by atoms with Gasteiger partial charge in [0, 0.05) is 10.2 Å².